The van der Waals surface area contributed by atoms with Gasteiger partial charge in [-0.1, -0.05) is 18.2 Å². The van der Waals surface area contributed by atoms with Crippen LogP contribution in [0.1, 0.15) is 59.8 Å². The molecule has 32 heavy (non-hydrogen) atoms. The minimum atomic E-state index is -0.932. The summed E-state index contributed by atoms with van der Waals surface area (Å²) in [5.74, 6) is -0.225. The number of anilines is 1. The number of carbonyl (C=O) groups is 3. The Hall–Kier alpha value is -3.22. The smallest absolute Gasteiger partial charge is 0.335 e. The molecule has 1 amide bonds. The Balaban J connectivity index is 1.44. The molecular weight excluding hydrogens is 406 g/mol. The van der Waals surface area contributed by atoms with Crippen LogP contribution in [0.5, 0.6) is 0 Å². The molecule has 1 aromatic heterocycles. The quantitative estimate of drug-likeness (QED) is 0.553. The molecule has 7 nitrogen and oxygen atoms in total. The number of carbonyl (C=O) groups excluding carboxylic acids is 2. The number of ketones is 1. The first-order valence-corrected chi connectivity index (χ1v) is 11.1. The van der Waals surface area contributed by atoms with Crippen molar-refractivity contribution in [2.45, 2.75) is 58.4 Å². The summed E-state index contributed by atoms with van der Waals surface area (Å²) >= 11 is 0. The molecule has 1 saturated carbocycles. The van der Waals surface area contributed by atoms with Crippen LogP contribution in [0.25, 0.3) is 0 Å². The van der Waals surface area contributed by atoms with Gasteiger partial charge >= 0.3 is 5.97 Å². The number of nitrogens with zero attached hydrogens (tertiary/aromatic N) is 1. The first-order chi connectivity index (χ1) is 15.2. The summed E-state index contributed by atoms with van der Waals surface area (Å²) in [5.41, 5.74) is 8.84. The number of hydrogen-bond acceptors (Lipinski definition) is 5. The van der Waals surface area contributed by atoms with Crippen molar-refractivity contribution in [1.82, 2.24) is 10.3 Å². The van der Waals surface area contributed by atoms with Crippen LogP contribution in [0.4, 0.5) is 5.82 Å². The van der Waals surface area contributed by atoms with E-state index >= 15 is 0 Å². The van der Waals surface area contributed by atoms with Gasteiger partial charge in [0.05, 0.1) is 11.6 Å². The summed E-state index contributed by atoms with van der Waals surface area (Å²) in [6.45, 7) is 3.61. The summed E-state index contributed by atoms with van der Waals surface area (Å²) in [7, 11) is 0. The number of nitrogen functional groups attached to an aromatic ring is 1. The molecule has 0 radical (unpaired) electrons. The topological polar surface area (TPSA) is 122 Å². The van der Waals surface area contributed by atoms with Gasteiger partial charge in [0.2, 0.25) is 5.91 Å². The van der Waals surface area contributed by atoms with Gasteiger partial charge < -0.3 is 16.2 Å². The van der Waals surface area contributed by atoms with E-state index in [0.29, 0.717) is 24.6 Å². The van der Waals surface area contributed by atoms with Gasteiger partial charge in [0.15, 0.2) is 5.78 Å². The van der Waals surface area contributed by atoms with Crippen LogP contribution in [0.15, 0.2) is 36.4 Å². The van der Waals surface area contributed by atoms with Gasteiger partial charge in [-0.15, -0.1) is 0 Å². The molecule has 3 rings (SSSR count). The second-order valence-electron chi connectivity index (χ2n) is 8.76. The number of benzene rings is 1. The third kappa shape index (κ3) is 6.15. The number of rotatable bonds is 9. The highest BCUT2D eigenvalue weighted by Gasteiger charge is 2.31. The molecule has 3 atom stereocenters. The predicted octanol–water partition coefficient (Wildman–Crippen LogP) is 3.34. The zero-order chi connectivity index (χ0) is 23.3. The van der Waals surface area contributed by atoms with Crippen LogP contribution in [-0.4, -0.2) is 33.8 Å². The average molecular weight is 438 g/mol. The van der Waals surface area contributed by atoms with Crippen LogP contribution in [-0.2, 0) is 22.4 Å². The van der Waals surface area contributed by atoms with Crippen LogP contribution in [0.3, 0.4) is 0 Å². The van der Waals surface area contributed by atoms with Crippen molar-refractivity contribution in [3.63, 3.8) is 0 Å². The molecule has 0 spiro atoms. The van der Waals surface area contributed by atoms with E-state index < -0.39 is 12.0 Å². The fraction of sp³-hybridized carbons (Fsp3) is 0.440. The van der Waals surface area contributed by atoms with Crippen molar-refractivity contribution in [3.05, 3.63) is 58.8 Å². The van der Waals surface area contributed by atoms with E-state index in [-0.39, 0.29) is 23.2 Å². The average Bonchev–Trinajstić information content (AvgIpc) is 3.22. The van der Waals surface area contributed by atoms with Crippen molar-refractivity contribution in [1.29, 1.82) is 0 Å². The number of carboxylic acid groups (broad SMARTS) is 1. The summed E-state index contributed by atoms with van der Waals surface area (Å²) < 4.78 is 0. The third-order valence-electron chi connectivity index (χ3n) is 6.34. The number of pyridine rings is 1. The second kappa shape index (κ2) is 10.4. The number of hydrogen-bond donors (Lipinski definition) is 3. The van der Waals surface area contributed by atoms with Gasteiger partial charge in [-0.05, 0) is 81.2 Å². The van der Waals surface area contributed by atoms with Crippen molar-refractivity contribution >= 4 is 23.5 Å². The number of nitrogens with one attached hydrogen (secondary N) is 1. The second-order valence-corrected chi connectivity index (χ2v) is 8.76. The Labute approximate surface area is 188 Å². The van der Waals surface area contributed by atoms with Gasteiger partial charge in [0, 0.05) is 18.0 Å². The lowest BCUT2D eigenvalue weighted by Crippen LogP contribution is -2.41. The number of amides is 1. The van der Waals surface area contributed by atoms with Crippen LogP contribution in [0, 0.1) is 18.8 Å². The zero-order valence-electron chi connectivity index (χ0n) is 18.6. The maximum Gasteiger partial charge on any atom is 0.335 e. The molecule has 1 aliphatic carbocycles. The fourth-order valence-corrected chi connectivity index (χ4v) is 4.37. The lowest BCUT2D eigenvalue weighted by atomic mass is 9.95. The van der Waals surface area contributed by atoms with Crippen molar-refractivity contribution in [2.24, 2.45) is 11.8 Å². The Morgan fingerprint density at radius 2 is 1.88 bits per heavy atom. The minimum absolute atomic E-state index is 0.00245. The first-order valence-electron chi connectivity index (χ1n) is 11.1. The molecule has 7 heteroatoms. The molecule has 0 saturated heterocycles. The Bertz CT molecular complexity index is 987. The number of aromatic nitrogens is 1. The largest absolute Gasteiger partial charge is 0.478 e. The highest BCUT2D eigenvalue weighted by atomic mass is 16.4. The summed E-state index contributed by atoms with van der Waals surface area (Å²) in [5, 5.41) is 11.9. The molecular formula is C25H31N3O4. The summed E-state index contributed by atoms with van der Waals surface area (Å²) in [6, 6.07) is 10.0. The summed E-state index contributed by atoms with van der Waals surface area (Å²) in [6.07, 6.45) is 4.28. The highest BCUT2D eigenvalue weighted by Crippen LogP contribution is 2.33. The van der Waals surface area contributed by atoms with E-state index in [2.05, 4.69) is 10.3 Å². The molecule has 1 fully saturated rings. The normalized spacial score (nSPS) is 18.8. The van der Waals surface area contributed by atoms with E-state index in [0.717, 1.165) is 42.5 Å². The Morgan fingerprint density at radius 3 is 2.53 bits per heavy atom. The van der Waals surface area contributed by atoms with E-state index in [1.54, 1.807) is 25.1 Å². The van der Waals surface area contributed by atoms with Gasteiger partial charge in [0.1, 0.15) is 5.82 Å². The lowest BCUT2D eigenvalue weighted by Gasteiger charge is -2.17. The molecule has 1 aliphatic rings. The van der Waals surface area contributed by atoms with Crippen molar-refractivity contribution in [2.75, 3.05) is 5.73 Å². The summed E-state index contributed by atoms with van der Waals surface area (Å²) in [4.78, 5) is 40.4. The molecule has 0 aliphatic heterocycles. The number of nitrogens with two attached hydrogens (primary N) is 1. The van der Waals surface area contributed by atoms with Crippen molar-refractivity contribution < 1.29 is 19.5 Å². The van der Waals surface area contributed by atoms with Crippen molar-refractivity contribution in [3.8, 4) is 0 Å². The number of aryl methyl sites for hydroxylation is 2. The lowest BCUT2D eigenvalue weighted by molar-refractivity contribution is -0.129. The number of aromatic carboxylic acids is 1. The Morgan fingerprint density at radius 1 is 1.16 bits per heavy atom. The monoisotopic (exact) mass is 437 g/mol. The van der Waals surface area contributed by atoms with E-state index in [1.807, 2.05) is 25.1 Å². The van der Waals surface area contributed by atoms with E-state index in [1.165, 1.54) is 0 Å². The SMILES string of the molecule is Cc1nc(N)ccc1CCC(=O)[C@H](C)NC(=O)[C@@H]1CC[C@@H](Cc2ccc(C(=O)O)cc2)C1. The van der Waals surface area contributed by atoms with E-state index in [9.17, 15) is 14.4 Å². The van der Waals surface area contributed by atoms with E-state index in [4.69, 9.17) is 10.8 Å². The number of carboxylic acids is 1. The standard InChI is InChI=1S/C25H31N3O4/c1-15-19(10-12-23(26)27-15)9-11-22(29)16(2)28-24(30)21-8-5-18(14-21)13-17-3-6-20(7-4-17)25(31)32/h3-4,6-7,10,12,16,18,21H,5,8-9,11,13-14H2,1-2H3,(H2,26,27)(H,28,30)(H,31,32)/t16-,18-,21+/m0/s1. The first kappa shape index (κ1) is 23.4. The van der Waals surface area contributed by atoms with Gasteiger partial charge in [-0.3, -0.25) is 9.59 Å². The van der Waals surface area contributed by atoms with Crippen LogP contribution >= 0.6 is 0 Å². The predicted molar refractivity (Wildman–Crippen MR) is 122 cm³/mol. The zero-order valence-corrected chi connectivity index (χ0v) is 18.6. The maximum absolute atomic E-state index is 12.7. The van der Waals surface area contributed by atoms with Gasteiger partial charge in [-0.2, -0.15) is 0 Å². The molecule has 1 aromatic carbocycles. The molecule has 0 unspecified atom stereocenters. The van der Waals surface area contributed by atoms with Gasteiger partial charge in [0.25, 0.3) is 0 Å². The molecule has 1 heterocycles. The molecule has 170 valence electrons. The minimum Gasteiger partial charge on any atom is -0.478 e. The Kier molecular flexibility index (Phi) is 7.62. The molecule has 2 aromatic rings. The highest BCUT2D eigenvalue weighted by molar-refractivity contribution is 5.89. The third-order valence-corrected chi connectivity index (χ3v) is 6.34. The maximum atomic E-state index is 12.7. The van der Waals surface area contributed by atoms with Crippen LogP contribution in [0.2, 0.25) is 0 Å². The van der Waals surface area contributed by atoms with Crippen LogP contribution < -0.4 is 11.1 Å². The fourth-order valence-electron chi connectivity index (χ4n) is 4.37. The number of Topliss-reactive ketones (excluding diaryl/α,β-unsaturated/α-hetero) is 1. The van der Waals surface area contributed by atoms with Gasteiger partial charge in [-0.25, -0.2) is 9.78 Å². The molecule has 0 bridgehead atoms. The molecule has 4 N–H and O–H groups in total.